The summed E-state index contributed by atoms with van der Waals surface area (Å²) in [7, 11) is 3.76. The third-order valence-corrected chi connectivity index (χ3v) is 3.61. The van der Waals surface area contributed by atoms with Crippen LogP contribution in [0.25, 0.3) is 0 Å². The van der Waals surface area contributed by atoms with Crippen molar-refractivity contribution in [2.45, 2.75) is 39.2 Å². The highest BCUT2D eigenvalue weighted by Crippen LogP contribution is 2.08. The summed E-state index contributed by atoms with van der Waals surface area (Å²) in [6.07, 6.45) is 8.32. The number of aryl methyl sites for hydroxylation is 2. The van der Waals surface area contributed by atoms with Crippen LogP contribution in [0, 0.1) is 0 Å². The Morgan fingerprint density at radius 1 is 1.24 bits per heavy atom. The number of nitrogens with zero attached hydrogens (tertiary/aromatic N) is 5. The number of carbonyl (C=O) groups is 1. The molecule has 2 aromatic rings. The first-order valence-corrected chi connectivity index (χ1v) is 8.57. The van der Waals surface area contributed by atoms with Gasteiger partial charge in [-0.15, -0.1) is 0 Å². The zero-order chi connectivity index (χ0) is 18.1. The van der Waals surface area contributed by atoms with Crippen LogP contribution in [0.5, 0.6) is 5.75 Å². The Labute approximate surface area is 148 Å². The summed E-state index contributed by atoms with van der Waals surface area (Å²) in [6, 6.07) is 3.77. The predicted molar refractivity (Wildman–Crippen MR) is 94.5 cm³/mol. The smallest absolute Gasteiger partial charge is 0.228 e. The Kier molecular flexibility index (Phi) is 7.25. The summed E-state index contributed by atoms with van der Waals surface area (Å²) in [4.78, 5) is 26.4. The summed E-state index contributed by atoms with van der Waals surface area (Å²) < 4.78 is 7.63. The van der Waals surface area contributed by atoms with Crippen LogP contribution >= 0.6 is 0 Å². The first-order valence-electron chi connectivity index (χ1n) is 8.57. The highest BCUT2D eigenvalue weighted by atomic mass is 16.5. The van der Waals surface area contributed by atoms with Gasteiger partial charge in [-0.05, 0) is 6.42 Å². The van der Waals surface area contributed by atoms with Gasteiger partial charge in [0.15, 0.2) is 18.2 Å². The maximum absolute atomic E-state index is 12.0. The van der Waals surface area contributed by atoms with Gasteiger partial charge in [-0.1, -0.05) is 6.92 Å². The predicted octanol–water partition coefficient (Wildman–Crippen LogP) is 1.61. The molecule has 0 fully saturated rings. The van der Waals surface area contributed by atoms with E-state index < -0.39 is 0 Å². The highest BCUT2D eigenvalue weighted by molar-refractivity contribution is 5.79. The van der Waals surface area contributed by atoms with E-state index in [0.717, 1.165) is 13.0 Å². The fourth-order valence-electron chi connectivity index (χ4n) is 2.28. The Morgan fingerprint density at radius 3 is 2.68 bits per heavy atom. The molecule has 25 heavy (non-hydrogen) atoms. The molecule has 0 aliphatic heterocycles. The van der Waals surface area contributed by atoms with Crippen LogP contribution in [-0.4, -0.2) is 41.4 Å². The first-order chi connectivity index (χ1) is 12.1. The van der Waals surface area contributed by atoms with Gasteiger partial charge < -0.3 is 9.64 Å². The zero-order valence-electron chi connectivity index (χ0n) is 15.2. The number of pyridine rings is 1. The monoisotopic (exact) mass is 344 g/mol. The van der Waals surface area contributed by atoms with Gasteiger partial charge in [-0.2, -0.15) is 4.98 Å². The second-order valence-corrected chi connectivity index (χ2v) is 6.05. The molecule has 134 valence electrons. The number of ether oxygens (including phenoxy) is 1. The van der Waals surface area contributed by atoms with Gasteiger partial charge in [0, 0.05) is 45.5 Å². The SMILES string of the molecule is CCC[n+]1ccc(OCC(=O)CCCc2ncnc(N(C)C)n2)cc1. The van der Waals surface area contributed by atoms with Crippen LogP contribution in [0.15, 0.2) is 30.9 Å². The lowest BCUT2D eigenvalue weighted by Gasteiger charge is -2.09. The lowest BCUT2D eigenvalue weighted by Crippen LogP contribution is -2.31. The molecule has 7 heteroatoms. The Bertz CT molecular complexity index is 673. The van der Waals surface area contributed by atoms with E-state index in [1.807, 2.05) is 43.5 Å². The van der Waals surface area contributed by atoms with Crippen LogP contribution < -0.4 is 14.2 Å². The lowest BCUT2D eigenvalue weighted by atomic mass is 10.2. The minimum Gasteiger partial charge on any atom is -0.485 e. The van der Waals surface area contributed by atoms with Crippen LogP contribution in [0.2, 0.25) is 0 Å². The van der Waals surface area contributed by atoms with Crippen LogP contribution in [0.3, 0.4) is 0 Å². The number of hydrogen-bond acceptors (Lipinski definition) is 6. The van der Waals surface area contributed by atoms with Crippen molar-refractivity contribution in [2.75, 3.05) is 25.6 Å². The minimum absolute atomic E-state index is 0.0761. The first kappa shape index (κ1) is 18.8. The fourth-order valence-corrected chi connectivity index (χ4v) is 2.28. The number of anilines is 1. The van der Waals surface area contributed by atoms with Gasteiger partial charge in [-0.3, -0.25) is 4.79 Å². The quantitative estimate of drug-likeness (QED) is 0.610. The average Bonchev–Trinajstić information content (AvgIpc) is 2.61. The van der Waals surface area contributed by atoms with E-state index in [9.17, 15) is 4.79 Å². The summed E-state index contributed by atoms with van der Waals surface area (Å²) in [6.45, 7) is 3.21. The van der Waals surface area contributed by atoms with E-state index in [0.29, 0.717) is 36.8 Å². The van der Waals surface area contributed by atoms with Crippen molar-refractivity contribution >= 4 is 11.7 Å². The number of rotatable bonds is 10. The fraction of sp³-hybridized carbons (Fsp3) is 0.500. The lowest BCUT2D eigenvalue weighted by molar-refractivity contribution is -0.697. The van der Waals surface area contributed by atoms with Crippen molar-refractivity contribution in [3.05, 3.63) is 36.7 Å². The molecule has 0 amide bonds. The molecule has 0 spiro atoms. The van der Waals surface area contributed by atoms with Crippen molar-refractivity contribution in [1.82, 2.24) is 15.0 Å². The van der Waals surface area contributed by atoms with Crippen LogP contribution in [0.4, 0.5) is 5.95 Å². The van der Waals surface area contributed by atoms with Gasteiger partial charge in [0.05, 0.1) is 0 Å². The van der Waals surface area contributed by atoms with E-state index in [2.05, 4.69) is 26.4 Å². The van der Waals surface area contributed by atoms with Crippen molar-refractivity contribution in [3.8, 4) is 5.75 Å². The van der Waals surface area contributed by atoms with Gasteiger partial charge in [0.2, 0.25) is 5.95 Å². The van der Waals surface area contributed by atoms with Gasteiger partial charge in [0.1, 0.15) is 31.1 Å². The third kappa shape index (κ3) is 6.45. The van der Waals surface area contributed by atoms with E-state index in [4.69, 9.17) is 4.74 Å². The van der Waals surface area contributed by atoms with Crippen molar-refractivity contribution in [2.24, 2.45) is 0 Å². The summed E-state index contributed by atoms with van der Waals surface area (Å²) in [5.74, 6) is 2.13. The number of hydrogen-bond donors (Lipinski definition) is 0. The Hall–Kier alpha value is -2.57. The standard InChI is InChI=1S/C18H26N5O2/c1-4-10-23-11-8-16(9-12-23)25-13-15(24)6-5-7-17-19-14-20-18(21-17)22(2)3/h8-9,11-12,14H,4-7,10,13H2,1-3H3/q+1. The number of aromatic nitrogens is 4. The number of carbonyl (C=O) groups excluding carboxylic acids is 1. The molecular formula is C18H26N5O2+. The topological polar surface area (TPSA) is 72.1 Å². The summed E-state index contributed by atoms with van der Waals surface area (Å²) in [5, 5.41) is 0. The maximum Gasteiger partial charge on any atom is 0.228 e. The molecule has 0 unspecified atom stereocenters. The maximum atomic E-state index is 12.0. The third-order valence-electron chi connectivity index (χ3n) is 3.61. The van der Waals surface area contributed by atoms with Crippen molar-refractivity contribution in [1.29, 1.82) is 0 Å². The number of ketones is 1. The zero-order valence-corrected chi connectivity index (χ0v) is 15.2. The molecule has 0 aliphatic carbocycles. The van der Waals surface area contributed by atoms with Gasteiger partial charge in [0.25, 0.3) is 0 Å². The van der Waals surface area contributed by atoms with E-state index in [1.165, 1.54) is 6.33 Å². The van der Waals surface area contributed by atoms with Crippen molar-refractivity contribution < 1.29 is 14.1 Å². The molecule has 2 rings (SSSR count). The summed E-state index contributed by atoms with van der Waals surface area (Å²) in [5.41, 5.74) is 0. The Balaban J connectivity index is 1.71. The second kappa shape index (κ2) is 9.66. The minimum atomic E-state index is 0.0761. The molecule has 0 aromatic carbocycles. The molecule has 0 radical (unpaired) electrons. The van der Waals surface area contributed by atoms with Crippen molar-refractivity contribution in [3.63, 3.8) is 0 Å². The molecule has 2 aromatic heterocycles. The highest BCUT2D eigenvalue weighted by Gasteiger charge is 2.07. The molecule has 7 nitrogen and oxygen atoms in total. The molecule has 0 N–H and O–H groups in total. The largest absolute Gasteiger partial charge is 0.485 e. The molecule has 2 heterocycles. The molecule has 0 bridgehead atoms. The summed E-state index contributed by atoms with van der Waals surface area (Å²) >= 11 is 0. The van der Waals surface area contributed by atoms with E-state index in [1.54, 1.807) is 0 Å². The molecule has 0 saturated carbocycles. The molecule has 0 saturated heterocycles. The Morgan fingerprint density at radius 2 is 2.00 bits per heavy atom. The molecule has 0 atom stereocenters. The van der Waals surface area contributed by atoms with E-state index >= 15 is 0 Å². The van der Waals surface area contributed by atoms with Gasteiger partial charge >= 0.3 is 0 Å². The van der Waals surface area contributed by atoms with Crippen LogP contribution in [0.1, 0.15) is 32.0 Å². The normalized spacial score (nSPS) is 10.5. The molecular weight excluding hydrogens is 318 g/mol. The van der Waals surface area contributed by atoms with E-state index in [-0.39, 0.29) is 12.4 Å². The second-order valence-electron chi connectivity index (χ2n) is 6.05. The average molecular weight is 344 g/mol. The van der Waals surface area contributed by atoms with Crippen LogP contribution in [-0.2, 0) is 17.8 Å². The molecule has 0 aliphatic rings. The number of Topliss-reactive ketones (excluding diaryl/α,β-unsaturated/α-hetero) is 1. The van der Waals surface area contributed by atoms with Gasteiger partial charge in [-0.25, -0.2) is 14.5 Å².